The smallest absolute Gasteiger partial charge is 0.147 e. The van der Waals surface area contributed by atoms with Crippen LogP contribution in [0.1, 0.15) is 31.3 Å². The Bertz CT molecular complexity index is 495. The standard InChI is InChI=1S/C13H16FN3S/c1-3-11(15-4-2)13-17-16-12(18-13)9-5-7-10(14)8-6-9/h5-8,11,15H,3-4H2,1-2H3. The van der Waals surface area contributed by atoms with E-state index in [0.717, 1.165) is 28.5 Å². The molecule has 1 aromatic carbocycles. The molecule has 2 rings (SSSR count). The molecule has 0 spiro atoms. The van der Waals surface area contributed by atoms with Gasteiger partial charge in [0.05, 0.1) is 6.04 Å². The summed E-state index contributed by atoms with van der Waals surface area (Å²) in [5.41, 5.74) is 0.909. The van der Waals surface area contributed by atoms with Crippen LogP contribution < -0.4 is 5.32 Å². The van der Waals surface area contributed by atoms with Crippen LogP contribution in [0.5, 0.6) is 0 Å². The summed E-state index contributed by atoms with van der Waals surface area (Å²) in [6.45, 7) is 5.10. The third-order valence-electron chi connectivity index (χ3n) is 2.69. The first kappa shape index (κ1) is 13.1. The van der Waals surface area contributed by atoms with E-state index >= 15 is 0 Å². The first-order valence-electron chi connectivity index (χ1n) is 6.07. The molecule has 5 heteroatoms. The number of hydrogen-bond acceptors (Lipinski definition) is 4. The van der Waals surface area contributed by atoms with Gasteiger partial charge in [-0.25, -0.2) is 4.39 Å². The maximum absolute atomic E-state index is 12.8. The molecule has 0 aliphatic heterocycles. The summed E-state index contributed by atoms with van der Waals surface area (Å²) >= 11 is 1.56. The molecular weight excluding hydrogens is 249 g/mol. The monoisotopic (exact) mass is 265 g/mol. The maximum atomic E-state index is 12.8. The fourth-order valence-corrected chi connectivity index (χ4v) is 2.74. The van der Waals surface area contributed by atoms with Gasteiger partial charge in [0.2, 0.25) is 0 Å². The lowest BCUT2D eigenvalue weighted by molar-refractivity contribution is 0.531. The van der Waals surface area contributed by atoms with Crippen LogP contribution in [-0.4, -0.2) is 16.7 Å². The summed E-state index contributed by atoms with van der Waals surface area (Å²) in [6, 6.07) is 6.60. The van der Waals surface area contributed by atoms with Crippen molar-refractivity contribution < 1.29 is 4.39 Å². The van der Waals surface area contributed by atoms with Crippen molar-refractivity contribution in [2.45, 2.75) is 26.3 Å². The molecule has 0 saturated carbocycles. The van der Waals surface area contributed by atoms with Crippen LogP contribution in [0.3, 0.4) is 0 Å². The van der Waals surface area contributed by atoms with Gasteiger partial charge in [0.25, 0.3) is 0 Å². The number of halogens is 1. The molecule has 0 radical (unpaired) electrons. The Labute approximate surface area is 110 Å². The summed E-state index contributed by atoms with van der Waals surface area (Å²) in [6.07, 6.45) is 0.978. The summed E-state index contributed by atoms with van der Waals surface area (Å²) in [5.74, 6) is -0.234. The third-order valence-corrected chi connectivity index (χ3v) is 3.77. The zero-order valence-corrected chi connectivity index (χ0v) is 11.3. The number of nitrogens with one attached hydrogen (secondary N) is 1. The molecule has 0 aliphatic carbocycles. The minimum atomic E-state index is -0.234. The van der Waals surface area contributed by atoms with E-state index in [0.29, 0.717) is 0 Å². The van der Waals surface area contributed by atoms with Crippen LogP contribution in [0.25, 0.3) is 10.6 Å². The van der Waals surface area contributed by atoms with E-state index < -0.39 is 0 Å². The highest BCUT2D eigenvalue weighted by Gasteiger charge is 2.14. The van der Waals surface area contributed by atoms with Crippen molar-refractivity contribution in [1.82, 2.24) is 15.5 Å². The Balaban J connectivity index is 2.21. The van der Waals surface area contributed by atoms with E-state index in [1.165, 1.54) is 12.1 Å². The normalized spacial score (nSPS) is 12.6. The molecule has 0 amide bonds. The van der Waals surface area contributed by atoms with Crippen molar-refractivity contribution in [1.29, 1.82) is 0 Å². The first-order valence-corrected chi connectivity index (χ1v) is 6.89. The fourth-order valence-electron chi connectivity index (χ4n) is 1.74. The van der Waals surface area contributed by atoms with Crippen LogP contribution in [-0.2, 0) is 0 Å². The highest BCUT2D eigenvalue weighted by molar-refractivity contribution is 7.14. The van der Waals surface area contributed by atoms with Crippen molar-refractivity contribution in [2.24, 2.45) is 0 Å². The van der Waals surface area contributed by atoms with Crippen molar-refractivity contribution >= 4 is 11.3 Å². The second-order valence-electron chi connectivity index (χ2n) is 3.97. The Morgan fingerprint density at radius 2 is 1.94 bits per heavy atom. The summed E-state index contributed by atoms with van der Waals surface area (Å²) < 4.78 is 12.8. The van der Waals surface area contributed by atoms with Gasteiger partial charge in [0, 0.05) is 5.56 Å². The number of rotatable bonds is 5. The maximum Gasteiger partial charge on any atom is 0.147 e. The molecule has 18 heavy (non-hydrogen) atoms. The minimum Gasteiger partial charge on any atom is -0.308 e. The van der Waals surface area contributed by atoms with E-state index in [9.17, 15) is 4.39 Å². The van der Waals surface area contributed by atoms with Gasteiger partial charge in [-0.1, -0.05) is 25.2 Å². The largest absolute Gasteiger partial charge is 0.308 e. The molecule has 1 atom stereocenters. The van der Waals surface area contributed by atoms with Crippen molar-refractivity contribution in [2.75, 3.05) is 6.54 Å². The molecule has 3 nitrogen and oxygen atoms in total. The molecule has 0 fully saturated rings. The van der Waals surface area contributed by atoms with Gasteiger partial charge < -0.3 is 5.32 Å². The Kier molecular flexibility index (Phi) is 4.38. The van der Waals surface area contributed by atoms with Crippen molar-refractivity contribution in [3.05, 3.63) is 35.1 Å². The van der Waals surface area contributed by atoms with Crippen LogP contribution in [0.2, 0.25) is 0 Å². The Morgan fingerprint density at radius 3 is 2.56 bits per heavy atom. The predicted octanol–water partition coefficient (Wildman–Crippen LogP) is 3.40. The molecular formula is C13H16FN3S. The topological polar surface area (TPSA) is 37.8 Å². The Morgan fingerprint density at radius 1 is 1.22 bits per heavy atom. The number of benzene rings is 1. The average Bonchev–Trinajstić information content (AvgIpc) is 2.86. The third kappa shape index (κ3) is 2.91. The minimum absolute atomic E-state index is 0.234. The van der Waals surface area contributed by atoms with E-state index in [2.05, 4.69) is 29.4 Å². The molecule has 1 aromatic heterocycles. The number of nitrogens with zero attached hydrogens (tertiary/aromatic N) is 2. The van der Waals surface area contributed by atoms with Gasteiger partial charge in [0.15, 0.2) is 0 Å². The lowest BCUT2D eigenvalue weighted by atomic mass is 10.2. The molecule has 0 aliphatic rings. The van der Waals surface area contributed by atoms with Crippen LogP contribution in [0.15, 0.2) is 24.3 Å². The molecule has 0 bridgehead atoms. The second kappa shape index (κ2) is 6.02. The highest BCUT2D eigenvalue weighted by Crippen LogP contribution is 2.27. The SMILES string of the molecule is CCNC(CC)c1nnc(-c2ccc(F)cc2)s1. The number of hydrogen-bond donors (Lipinski definition) is 1. The van der Waals surface area contributed by atoms with Crippen LogP contribution >= 0.6 is 11.3 Å². The van der Waals surface area contributed by atoms with E-state index in [1.807, 2.05) is 0 Å². The average molecular weight is 265 g/mol. The predicted molar refractivity (Wildman–Crippen MR) is 72.0 cm³/mol. The zero-order valence-electron chi connectivity index (χ0n) is 10.5. The lowest BCUT2D eigenvalue weighted by Crippen LogP contribution is -2.19. The van der Waals surface area contributed by atoms with Gasteiger partial charge in [-0.15, -0.1) is 10.2 Å². The van der Waals surface area contributed by atoms with E-state index in [-0.39, 0.29) is 11.9 Å². The van der Waals surface area contributed by atoms with Gasteiger partial charge in [-0.05, 0) is 37.2 Å². The van der Waals surface area contributed by atoms with Gasteiger partial charge in [0.1, 0.15) is 15.8 Å². The van der Waals surface area contributed by atoms with E-state index in [4.69, 9.17) is 0 Å². The van der Waals surface area contributed by atoms with Gasteiger partial charge >= 0.3 is 0 Å². The molecule has 1 heterocycles. The second-order valence-corrected chi connectivity index (χ2v) is 4.98. The van der Waals surface area contributed by atoms with Crippen LogP contribution in [0, 0.1) is 5.82 Å². The number of aromatic nitrogens is 2. The highest BCUT2D eigenvalue weighted by atomic mass is 32.1. The quantitative estimate of drug-likeness (QED) is 0.900. The lowest BCUT2D eigenvalue weighted by Gasteiger charge is -2.10. The van der Waals surface area contributed by atoms with Crippen molar-refractivity contribution in [3.8, 4) is 10.6 Å². The molecule has 0 saturated heterocycles. The van der Waals surface area contributed by atoms with E-state index in [1.54, 1.807) is 23.5 Å². The first-order chi connectivity index (χ1) is 8.74. The molecule has 96 valence electrons. The summed E-state index contributed by atoms with van der Waals surface area (Å²) in [7, 11) is 0. The summed E-state index contributed by atoms with van der Waals surface area (Å²) in [4.78, 5) is 0. The zero-order chi connectivity index (χ0) is 13.0. The molecule has 1 N–H and O–H groups in total. The Hall–Kier alpha value is -1.33. The molecule has 1 unspecified atom stereocenters. The van der Waals surface area contributed by atoms with Gasteiger partial charge in [-0.2, -0.15) is 0 Å². The fraction of sp³-hybridized carbons (Fsp3) is 0.385. The van der Waals surface area contributed by atoms with Gasteiger partial charge in [-0.3, -0.25) is 0 Å². The van der Waals surface area contributed by atoms with Crippen molar-refractivity contribution in [3.63, 3.8) is 0 Å². The summed E-state index contributed by atoms with van der Waals surface area (Å²) in [5, 5.41) is 13.6. The van der Waals surface area contributed by atoms with Crippen LogP contribution in [0.4, 0.5) is 4.39 Å². The molecule has 2 aromatic rings.